The minimum Gasteiger partial charge on any atom is -0.471 e. The summed E-state index contributed by atoms with van der Waals surface area (Å²) in [5.74, 6) is 1.51. The van der Waals surface area contributed by atoms with Gasteiger partial charge in [-0.25, -0.2) is 15.0 Å². The maximum atomic E-state index is 13.4. The van der Waals surface area contributed by atoms with Crippen molar-refractivity contribution < 1.29 is 4.74 Å². The maximum Gasteiger partial charge on any atom is 0.264 e. The first kappa shape index (κ1) is 25.0. The smallest absolute Gasteiger partial charge is 0.264 e. The van der Waals surface area contributed by atoms with Crippen LogP contribution in [0.3, 0.4) is 0 Å². The molecule has 0 atom stereocenters. The third kappa shape index (κ3) is 5.13. The Labute approximate surface area is 213 Å². The molecule has 0 aliphatic rings. The molecular formula is C26H28ClN5O2S. The van der Waals surface area contributed by atoms with Crippen molar-refractivity contribution in [3.8, 4) is 22.8 Å². The molecule has 1 aromatic carbocycles. The van der Waals surface area contributed by atoms with Gasteiger partial charge in [0.05, 0.1) is 32.7 Å². The zero-order valence-corrected chi connectivity index (χ0v) is 22.5. The third-order valence-corrected chi connectivity index (χ3v) is 6.70. The second-order valence-electron chi connectivity index (χ2n) is 9.52. The number of aryl methyl sites for hydroxylation is 3. The molecule has 0 amide bonds. The number of rotatable bonds is 5. The van der Waals surface area contributed by atoms with E-state index in [1.165, 1.54) is 4.57 Å². The molecule has 0 radical (unpaired) electrons. The summed E-state index contributed by atoms with van der Waals surface area (Å²) < 4.78 is 7.36. The van der Waals surface area contributed by atoms with Crippen LogP contribution in [0.4, 0.5) is 0 Å². The summed E-state index contributed by atoms with van der Waals surface area (Å²) >= 11 is 8.14. The first-order chi connectivity index (χ1) is 16.5. The Balaban J connectivity index is 1.76. The molecule has 35 heavy (non-hydrogen) atoms. The predicted molar refractivity (Wildman–Crippen MR) is 140 cm³/mol. The standard InChI is InChI=1S/C26H28ClN5O2S/c1-14-11-28-25(26(5,6)7)31-22(14)18-8-9-20(27)21(10-18)32-16(3)29-23(15(2)24(32)33)34-12-19-13-35-17(4)30-19/h8-11,13H,12H2,1-7H3. The van der Waals surface area contributed by atoms with Crippen LogP contribution < -0.4 is 10.3 Å². The summed E-state index contributed by atoms with van der Waals surface area (Å²) in [4.78, 5) is 31.7. The number of hydrogen-bond donors (Lipinski definition) is 0. The fraction of sp³-hybridized carbons (Fsp3) is 0.346. The van der Waals surface area contributed by atoms with Gasteiger partial charge in [0.25, 0.3) is 5.56 Å². The van der Waals surface area contributed by atoms with E-state index in [-0.39, 0.29) is 17.6 Å². The minimum atomic E-state index is -0.240. The zero-order chi connectivity index (χ0) is 25.5. The van der Waals surface area contributed by atoms with Crippen LogP contribution in [0.25, 0.3) is 16.9 Å². The molecule has 0 N–H and O–H groups in total. The molecule has 7 nitrogen and oxygen atoms in total. The molecule has 3 aromatic heterocycles. The van der Waals surface area contributed by atoms with Crippen LogP contribution in [0.2, 0.25) is 5.02 Å². The number of benzene rings is 1. The molecule has 0 fully saturated rings. The van der Waals surface area contributed by atoms with Crippen LogP contribution in [-0.4, -0.2) is 24.5 Å². The largest absolute Gasteiger partial charge is 0.471 e. The van der Waals surface area contributed by atoms with Crippen molar-refractivity contribution in [3.05, 3.63) is 78.6 Å². The fourth-order valence-electron chi connectivity index (χ4n) is 3.65. The summed E-state index contributed by atoms with van der Waals surface area (Å²) in [7, 11) is 0. The third-order valence-electron chi connectivity index (χ3n) is 5.56. The molecule has 9 heteroatoms. The van der Waals surface area contributed by atoms with Gasteiger partial charge in [0, 0.05) is 22.6 Å². The Morgan fingerprint density at radius 3 is 2.49 bits per heavy atom. The molecular weight excluding hydrogens is 482 g/mol. The van der Waals surface area contributed by atoms with Crippen molar-refractivity contribution in [2.75, 3.05) is 0 Å². The van der Waals surface area contributed by atoms with Crippen molar-refractivity contribution in [1.29, 1.82) is 0 Å². The average Bonchev–Trinajstić information content (AvgIpc) is 3.21. The number of hydrogen-bond acceptors (Lipinski definition) is 7. The van der Waals surface area contributed by atoms with E-state index < -0.39 is 0 Å². The molecule has 4 aromatic rings. The fourth-order valence-corrected chi connectivity index (χ4v) is 4.45. The van der Waals surface area contributed by atoms with Crippen LogP contribution in [0, 0.1) is 27.7 Å². The van der Waals surface area contributed by atoms with Crippen LogP contribution in [0.1, 0.15) is 54.2 Å². The molecule has 0 saturated carbocycles. The lowest BCUT2D eigenvalue weighted by Gasteiger charge is -2.19. The van der Waals surface area contributed by atoms with Gasteiger partial charge in [0.2, 0.25) is 5.88 Å². The summed E-state index contributed by atoms with van der Waals surface area (Å²) in [5, 5.41) is 3.34. The topological polar surface area (TPSA) is 82.8 Å². The number of aromatic nitrogens is 5. The second-order valence-corrected chi connectivity index (χ2v) is 11.0. The quantitative estimate of drug-likeness (QED) is 0.332. The van der Waals surface area contributed by atoms with Gasteiger partial charge < -0.3 is 4.74 Å². The lowest BCUT2D eigenvalue weighted by atomic mass is 9.95. The molecule has 0 spiro atoms. The van der Waals surface area contributed by atoms with Gasteiger partial charge in [-0.05, 0) is 45.4 Å². The molecule has 0 bridgehead atoms. The van der Waals surface area contributed by atoms with Crippen LogP contribution in [-0.2, 0) is 12.0 Å². The van der Waals surface area contributed by atoms with E-state index in [9.17, 15) is 4.79 Å². The van der Waals surface area contributed by atoms with E-state index in [0.29, 0.717) is 28.0 Å². The molecule has 4 rings (SSSR count). The van der Waals surface area contributed by atoms with Gasteiger partial charge in [-0.3, -0.25) is 9.36 Å². The van der Waals surface area contributed by atoms with E-state index in [4.69, 9.17) is 21.3 Å². The highest BCUT2D eigenvalue weighted by atomic mass is 35.5. The van der Waals surface area contributed by atoms with Gasteiger partial charge in [-0.15, -0.1) is 11.3 Å². The number of ether oxygens (including phenoxy) is 1. The maximum absolute atomic E-state index is 13.4. The highest BCUT2D eigenvalue weighted by molar-refractivity contribution is 7.09. The molecule has 3 heterocycles. The van der Waals surface area contributed by atoms with E-state index >= 15 is 0 Å². The van der Waals surface area contributed by atoms with Gasteiger partial charge in [-0.2, -0.15) is 4.98 Å². The van der Waals surface area contributed by atoms with Crippen molar-refractivity contribution in [2.24, 2.45) is 0 Å². The zero-order valence-electron chi connectivity index (χ0n) is 20.9. The Morgan fingerprint density at radius 2 is 1.83 bits per heavy atom. The van der Waals surface area contributed by atoms with Crippen molar-refractivity contribution in [2.45, 2.75) is 60.5 Å². The lowest BCUT2D eigenvalue weighted by molar-refractivity contribution is 0.285. The summed E-state index contributed by atoms with van der Waals surface area (Å²) in [5.41, 5.74) is 3.90. The van der Waals surface area contributed by atoms with E-state index in [1.54, 1.807) is 31.3 Å². The molecule has 0 aliphatic heterocycles. The van der Waals surface area contributed by atoms with Gasteiger partial charge in [0.15, 0.2) is 0 Å². The van der Waals surface area contributed by atoms with E-state index in [1.807, 2.05) is 37.6 Å². The minimum absolute atomic E-state index is 0.195. The predicted octanol–water partition coefficient (Wildman–Crippen LogP) is 5.91. The molecule has 0 saturated heterocycles. The lowest BCUT2D eigenvalue weighted by Crippen LogP contribution is -2.25. The Morgan fingerprint density at radius 1 is 1.09 bits per heavy atom. The summed E-state index contributed by atoms with van der Waals surface area (Å²) in [6.07, 6.45) is 1.83. The van der Waals surface area contributed by atoms with Gasteiger partial charge in [0.1, 0.15) is 18.3 Å². The van der Waals surface area contributed by atoms with Crippen LogP contribution in [0.15, 0.2) is 34.6 Å². The number of nitrogens with zero attached hydrogens (tertiary/aromatic N) is 5. The number of thiazole rings is 1. The van der Waals surface area contributed by atoms with Crippen LogP contribution >= 0.6 is 22.9 Å². The SMILES string of the molecule is Cc1nc(COc2nc(C)n(-c3cc(-c4nc(C(C)(C)C)ncc4C)ccc3Cl)c(=O)c2C)cs1. The normalized spacial score (nSPS) is 11.7. The molecule has 0 unspecified atom stereocenters. The van der Waals surface area contributed by atoms with E-state index in [2.05, 4.69) is 35.7 Å². The first-order valence-corrected chi connectivity index (χ1v) is 12.5. The summed E-state index contributed by atoms with van der Waals surface area (Å²) in [6.45, 7) is 13.8. The first-order valence-electron chi connectivity index (χ1n) is 11.2. The monoisotopic (exact) mass is 509 g/mol. The van der Waals surface area contributed by atoms with E-state index in [0.717, 1.165) is 33.3 Å². The van der Waals surface area contributed by atoms with Crippen LogP contribution in [0.5, 0.6) is 5.88 Å². The number of halogens is 1. The van der Waals surface area contributed by atoms with Gasteiger partial charge >= 0.3 is 0 Å². The highest BCUT2D eigenvalue weighted by Gasteiger charge is 2.21. The van der Waals surface area contributed by atoms with Gasteiger partial charge in [-0.1, -0.05) is 38.4 Å². The molecule has 182 valence electrons. The highest BCUT2D eigenvalue weighted by Crippen LogP contribution is 2.30. The van der Waals surface area contributed by atoms with Crippen molar-refractivity contribution >= 4 is 22.9 Å². The molecule has 0 aliphatic carbocycles. The Bertz CT molecular complexity index is 1470. The Kier molecular flexibility index (Phi) is 6.79. The van der Waals surface area contributed by atoms with Crippen molar-refractivity contribution in [1.82, 2.24) is 24.5 Å². The van der Waals surface area contributed by atoms with Crippen molar-refractivity contribution in [3.63, 3.8) is 0 Å². The Hall–Kier alpha value is -3.10. The second kappa shape index (κ2) is 9.51. The summed E-state index contributed by atoms with van der Waals surface area (Å²) in [6, 6.07) is 5.56. The average molecular weight is 510 g/mol.